The van der Waals surface area contributed by atoms with Gasteiger partial charge in [-0.2, -0.15) is 0 Å². The monoisotopic (exact) mass is 433 g/mol. The van der Waals surface area contributed by atoms with Gasteiger partial charge >= 0.3 is 0 Å². The molecule has 0 saturated carbocycles. The van der Waals surface area contributed by atoms with Gasteiger partial charge in [0.1, 0.15) is 17.7 Å². The van der Waals surface area contributed by atoms with E-state index >= 15 is 0 Å². The summed E-state index contributed by atoms with van der Waals surface area (Å²) in [5.41, 5.74) is 2.96. The van der Waals surface area contributed by atoms with E-state index < -0.39 is 0 Å². The SMILES string of the molecule is CN=C(NCC(C)c1c(C)noc1C)N(C)Cc1ccon1.I. The Morgan fingerprint density at radius 3 is 2.65 bits per heavy atom. The summed E-state index contributed by atoms with van der Waals surface area (Å²) >= 11 is 0. The highest BCUT2D eigenvalue weighted by atomic mass is 127. The molecule has 1 unspecified atom stereocenters. The molecule has 0 aliphatic heterocycles. The van der Waals surface area contributed by atoms with Crippen LogP contribution in [0.4, 0.5) is 0 Å². The lowest BCUT2D eigenvalue weighted by Crippen LogP contribution is -2.40. The van der Waals surface area contributed by atoms with Crippen molar-refractivity contribution in [2.24, 2.45) is 4.99 Å². The van der Waals surface area contributed by atoms with Crippen LogP contribution < -0.4 is 5.32 Å². The molecule has 128 valence electrons. The second kappa shape index (κ2) is 8.90. The summed E-state index contributed by atoms with van der Waals surface area (Å²) in [5.74, 6) is 1.96. The Morgan fingerprint density at radius 2 is 2.13 bits per heavy atom. The van der Waals surface area contributed by atoms with Crippen LogP contribution >= 0.6 is 24.0 Å². The van der Waals surface area contributed by atoms with E-state index in [1.807, 2.05) is 31.9 Å². The van der Waals surface area contributed by atoms with Gasteiger partial charge in [0.05, 0.1) is 12.2 Å². The molecule has 23 heavy (non-hydrogen) atoms. The summed E-state index contributed by atoms with van der Waals surface area (Å²) in [6.45, 7) is 7.43. The zero-order valence-corrected chi connectivity index (χ0v) is 16.5. The maximum Gasteiger partial charge on any atom is 0.193 e. The summed E-state index contributed by atoms with van der Waals surface area (Å²) in [6, 6.07) is 1.84. The van der Waals surface area contributed by atoms with E-state index in [1.54, 1.807) is 13.3 Å². The zero-order valence-electron chi connectivity index (χ0n) is 14.2. The lowest BCUT2D eigenvalue weighted by Gasteiger charge is -2.22. The number of rotatable bonds is 5. The molecule has 2 rings (SSSR count). The number of guanidine groups is 1. The van der Waals surface area contributed by atoms with Gasteiger partial charge < -0.3 is 19.3 Å². The molecule has 0 aliphatic rings. The van der Waals surface area contributed by atoms with E-state index in [0.29, 0.717) is 6.54 Å². The van der Waals surface area contributed by atoms with Crippen molar-refractivity contribution in [3.63, 3.8) is 0 Å². The van der Waals surface area contributed by atoms with Crippen molar-refractivity contribution in [3.8, 4) is 0 Å². The van der Waals surface area contributed by atoms with Crippen molar-refractivity contribution >= 4 is 29.9 Å². The maximum absolute atomic E-state index is 5.23. The Labute approximate surface area is 153 Å². The van der Waals surface area contributed by atoms with Gasteiger partial charge in [-0.1, -0.05) is 17.2 Å². The molecule has 2 heterocycles. The summed E-state index contributed by atoms with van der Waals surface area (Å²) in [6.07, 6.45) is 1.57. The zero-order chi connectivity index (χ0) is 16.1. The summed E-state index contributed by atoms with van der Waals surface area (Å²) in [7, 11) is 3.73. The molecule has 0 radical (unpaired) electrons. The second-order valence-electron chi connectivity index (χ2n) is 5.41. The molecule has 0 saturated heterocycles. The van der Waals surface area contributed by atoms with Gasteiger partial charge in [-0.25, -0.2) is 0 Å². The first kappa shape index (κ1) is 19.5. The van der Waals surface area contributed by atoms with E-state index in [4.69, 9.17) is 9.05 Å². The highest BCUT2D eigenvalue weighted by Gasteiger charge is 2.17. The van der Waals surface area contributed by atoms with Gasteiger partial charge in [0.25, 0.3) is 0 Å². The van der Waals surface area contributed by atoms with Crippen LogP contribution in [0.5, 0.6) is 0 Å². The standard InChI is InChI=1S/C15H23N5O2.HI/c1-10(14-11(2)18-22-12(14)3)8-17-15(16-4)20(5)9-13-6-7-21-19-13;/h6-7,10H,8-9H2,1-5H3,(H,16,17);1H. The number of aliphatic imine (C=N–C) groups is 1. The molecular weight excluding hydrogens is 409 g/mol. The average Bonchev–Trinajstić information content (AvgIpc) is 3.09. The fourth-order valence-electron chi connectivity index (χ4n) is 2.56. The summed E-state index contributed by atoms with van der Waals surface area (Å²) < 4.78 is 10.1. The minimum atomic E-state index is 0. The summed E-state index contributed by atoms with van der Waals surface area (Å²) in [5, 5.41) is 11.3. The highest BCUT2D eigenvalue weighted by molar-refractivity contribution is 14.0. The van der Waals surface area contributed by atoms with E-state index in [1.165, 1.54) is 0 Å². The number of nitrogens with one attached hydrogen (secondary N) is 1. The molecule has 0 aromatic carbocycles. The molecule has 0 aliphatic carbocycles. The third-order valence-corrected chi connectivity index (χ3v) is 3.61. The van der Waals surface area contributed by atoms with Gasteiger partial charge in [-0.15, -0.1) is 24.0 Å². The molecule has 2 aromatic heterocycles. The Morgan fingerprint density at radius 1 is 1.39 bits per heavy atom. The number of halogens is 1. The van der Waals surface area contributed by atoms with Gasteiger partial charge in [0.2, 0.25) is 0 Å². The van der Waals surface area contributed by atoms with Crippen molar-refractivity contribution in [1.82, 2.24) is 20.5 Å². The molecule has 1 atom stereocenters. The van der Waals surface area contributed by atoms with Crippen molar-refractivity contribution in [2.75, 3.05) is 20.6 Å². The van der Waals surface area contributed by atoms with Gasteiger partial charge in [0.15, 0.2) is 5.96 Å². The predicted octanol–water partition coefficient (Wildman–Crippen LogP) is 2.71. The Kier molecular flexibility index (Phi) is 7.53. The van der Waals surface area contributed by atoms with Crippen LogP contribution in [0.2, 0.25) is 0 Å². The lowest BCUT2D eigenvalue weighted by atomic mass is 10.00. The van der Waals surface area contributed by atoms with Gasteiger partial charge in [-0.05, 0) is 13.8 Å². The van der Waals surface area contributed by atoms with Gasteiger partial charge in [0, 0.05) is 38.2 Å². The molecule has 7 nitrogen and oxygen atoms in total. The number of hydrogen-bond donors (Lipinski definition) is 1. The fourth-order valence-corrected chi connectivity index (χ4v) is 2.56. The number of nitrogens with zero attached hydrogens (tertiary/aromatic N) is 4. The van der Waals surface area contributed by atoms with E-state index in [-0.39, 0.29) is 29.9 Å². The van der Waals surface area contributed by atoms with Gasteiger partial charge in [-0.3, -0.25) is 4.99 Å². The van der Waals surface area contributed by atoms with Crippen LogP contribution in [0.15, 0.2) is 26.4 Å². The van der Waals surface area contributed by atoms with Crippen molar-refractivity contribution in [2.45, 2.75) is 33.2 Å². The van der Waals surface area contributed by atoms with Crippen molar-refractivity contribution in [3.05, 3.63) is 35.0 Å². The average molecular weight is 433 g/mol. The lowest BCUT2D eigenvalue weighted by molar-refractivity contribution is 0.389. The van der Waals surface area contributed by atoms with Crippen LogP contribution in [0, 0.1) is 13.8 Å². The topological polar surface area (TPSA) is 79.7 Å². The molecule has 0 fully saturated rings. The molecule has 2 aromatic rings. The van der Waals surface area contributed by atoms with Crippen molar-refractivity contribution in [1.29, 1.82) is 0 Å². The van der Waals surface area contributed by atoms with Crippen LogP contribution in [0.25, 0.3) is 0 Å². The predicted molar refractivity (Wildman–Crippen MR) is 99.1 cm³/mol. The van der Waals surface area contributed by atoms with Crippen LogP contribution in [-0.2, 0) is 6.54 Å². The van der Waals surface area contributed by atoms with E-state index in [2.05, 4.69) is 27.5 Å². The van der Waals surface area contributed by atoms with Crippen LogP contribution in [0.1, 0.15) is 35.6 Å². The first-order valence-corrected chi connectivity index (χ1v) is 7.26. The Bertz CT molecular complexity index is 604. The molecular formula is C15H24IN5O2. The van der Waals surface area contributed by atoms with E-state index in [9.17, 15) is 0 Å². The minimum Gasteiger partial charge on any atom is -0.364 e. The largest absolute Gasteiger partial charge is 0.364 e. The smallest absolute Gasteiger partial charge is 0.193 e. The second-order valence-corrected chi connectivity index (χ2v) is 5.41. The normalized spacial score (nSPS) is 12.7. The first-order valence-electron chi connectivity index (χ1n) is 7.26. The molecule has 0 bridgehead atoms. The number of aromatic nitrogens is 2. The van der Waals surface area contributed by atoms with E-state index in [0.717, 1.165) is 35.2 Å². The highest BCUT2D eigenvalue weighted by Crippen LogP contribution is 2.22. The Hall–Kier alpha value is -1.58. The minimum absolute atomic E-state index is 0. The first-order chi connectivity index (χ1) is 10.5. The van der Waals surface area contributed by atoms with Crippen molar-refractivity contribution < 1.29 is 9.05 Å². The summed E-state index contributed by atoms with van der Waals surface area (Å²) in [4.78, 5) is 6.30. The molecule has 0 spiro atoms. The quantitative estimate of drug-likeness (QED) is 0.444. The number of aryl methyl sites for hydroxylation is 2. The fraction of sp³-hybridized carbons (Fsp3) is 0.533. The third-order valence-electron chi connectivity index (χ3n) is 3.61. The molecule has 8 heteroatoms. The molecule has 0 amide bonds. The van der Waals surface area contributed by atoms with Crippen LogP contribution in [-0.4, -0.2) is 41.8 Å². The molecule has 1 N–H and O–H groups in total. The Balaban J connectivity index is 0.00000264. The van der Waals surface area contributed by atoms with Crippen LogP contribution in [0.3, 0.4) is 0 Å². The maximum atomic E-state index is 5.23. The number of hydrogen-bond acceptors (Lipinski definition) is 5. The third kappa shape index (κ3) is 4.95.